The number of esters is 1. The third kappa shape index (κ3) is 2.19. The Kier molecular flexibility index (Phi) is 3.44. The lowest BCUT2D eigenvalue weighted by Gasteiger charge is -2.20. The normalized spacial score (nSPS) is 13.7. The molecule has 2 aromatic rings. The van der Waals surface area contributed by atoms with E-state index in [1.54, 1.807) is 13.3 Å². The van der Waals surface area contributed by atoms with Gasteiger partial charge in [0.25, 0.3) is 0 Å². The number of aryl methyl sites for hydroxylation is 1. The molecule has 5 nitrogen and oxygen atoms in total. The number of rotatable bonds is 3. The van der Waals surface area contributed by atoms with Crippen LogP contribution in [0.5, 0.6) is 0 Å². The molecule has 1 aromatic carbocycles. The van der Waals surface area contributed by atoms with E-state index in [-0.39, 0.29) is 6.61 Å². The standard InChI is InChI=1S/C16H15N3O2/c1-2-21-16(20)12(9-17)15-14-8-7-11-5-3-4-6-13(11)19(14)10-18-15/h3-6,10,12H,2,7-8H2,1H3. The second kappa shape index (κ2) is 5.41. The molecular formula is C16H15N3O2. The molecule has 1 aliphatic heterocycles. The van der Waals surface area contributed by atoms with E-state index in [0.717, 1.165) is 24.2 Å². The zero-order valence-electron chi connectivity index (χ0n) is 11.7. The molecule has 106 valence electrons. The van der Waals surface area contributed by atoms with Crippen LogP contribution in [0, 0.1) is 11.3 Å². The molecule has 0 N–H and O–H groups in total. The van der Waals surface area contributed by atoms with Gasteiger partial charge in [0, 0.05) is 11.4 Å². The van der Waals surface area contributed by atoms with Gasteiger partial charge in [-0.2, -0.15) is 5.26 Å². The van der Waals surface area contributed by atoms with Crippen LogP contribution in [0.2, 0.25) is 0 Å². The molecule has 1 aliphatic rings. The summed E-state index contributed by atoms with van der Waals surface area (Å²) < 4.78 is 6.94. The van der Waals surface area contributed by atoms with Crippen LogP contribution in [0.15, 0.2) is 30.6 Å². The Hall–Kier alpha value is -2.61. The molecule has 21 heavy (non-hydrogen) atoms. The molecule has 0 saturated carbocycles. The van der Waals surface area contributed by atoms with Crippen molar-refractivity contribution in [2.75, 3.05) is 6.61 Å². The van der Waals surface area contributed by atoms with Crippen LogP contribution in [0.25, 0.3) is 5.69 Å². The Morgan fingerprint density at radius 1 is 1.48 bits per heavy atom. The molecule has 0 spiro atoms. The molecule has 1 aromatic heterocycles. The van der Waals surface area contributed by atoms with Crippen LogP contribution in [0.4, 0.5) is 0 Å². The van der Waals surface area contributed by atoms with E-state index in [9.17, 15) is 10.1 Å². The van der Waals surface area contributed by atoms with Crippen molar-refractivity contribution in [3.63, 3.8) is 0 Å². The first-order chi connectivity index (χ1) is 10.3. The summed E-state index contributed by atoms with van der Waals surface area (Å²) in [4.78, 5) is 16.2. The minimum absolute atomic E-state index is 0.260. The van der Waals surface area contributed by atoms with Gasteiger partial charge in [0.1, 0.15) is 0 Å². The zero-order valence-corrected chi connectivity index (χ0v) is 11.7. The van der Waals surface area contributed by atoms with Crippen molar-refractivity contribution in [1.82, 2.24) is 9.55 Å². The SMILES string of the molecule is CCOC(=O)C(C#N)c1ncn2c1CCc1ccccc1-2. The molecule has 5 heteroatoms. The van der Waals surface area contributed by atoms with E-state index < -0.39 is 11.9 Å². The summed E-state index contributed by atoms with van der Waals surface area (Å²) >= 11 is 0. The van der Waals surface area contributed by atoms with Gasteiger partial charge in [0.05, 0.1) is 24.7 Å². The van der Waals surface area contributed by atoms with E-state index in [1.807, 2.05) is 28.8 Å². The van der Waals surface area contributed by atoms with Gasteiger partial charge in [-0.3, -0.25) is 4.79 Å². The summed E-state index contributed by atoms with van der Waals surface area (Å²) in [5, 5.41) is 9.29. The maximum Gasteiger partial charge on any atom is 0.329 e. The molecule has 3 rings (SSSR count). The molecule has 0 saturated heterocycles. The van der Waals surface area contributed by atoms with Crippen molar-refractivity contribution in [2.45, 2.75) is 25.7 Å². The predicted octanol–water partition coefficient (Wildman–Crippen LogP) is 2.14. The van der Waals surface area contributed by atoms with E-state index in [0.29, 0.717) is 5.69 Å². The summed E-state index contributed by atoms with van der Waals surface area (Å²) in [6, 6.07) is 10.1. The minimum Gasteiger partial charge on any atom is -0.465 e. The van der Waals surface area contributed by atoms with Crippen molar-refractivity contribution >= 4 is 5.97 Å². The highest BCUT2D eigenvalue weighted by Crippen LogP contribution is 2.29. The number of nitriles is 1. The Labute approximate surface area is 122 Å². The van der Waals surface area contributed by atoms with Gasteiger partial charge < -0.3 is 9.30 Å². The fraction of sp³-hybridized carbons (Fsp3) is 0.312. The average Bonchev–Trinajstić information content (AvgIpc) is 2.93. The van der Waals surface area contributed by atoms with E-state index in [4.69, 9.17) is 4.74 Å². The summed E-state index contributed by atoms with van der Waals surface area (Å²) in [6.07, 6.45) is 3.34. The maximum atomic E-state index is 11.9. The number of hydrogen-bond acceptors (Lipinski definition) is 4. The lowest BCUT2D eigenvalue weighted by Crippen LogP contribution is -2.18. The first kappa shape index (κ1) is 13.4. The van der Waals surface area contributed by atoms with Crippen LogP contribution >= 0.6 is 0 Å². The fourth-order valence-corrected chi connectivity index (χ4v) is 2.75. The smallest absolute Gasteiger partial charge is 0.329 e. The lowest BCUT2D eigenvalue weighted by molar-refractivity contribution is -0.143. The topological polar surface area (TPSA) is 67.9 Å². The average molecular weight is 281 g/mol. The summed E-state index contributed by atoms with van der Waals surface area (Å²) in [6.45, 7) is 1.99. The molecule has 0 bridgehead atoms. The Morgan fingerprint density at radius 2 is 2.29 bits per heavy atom. The van der Waals surface area contributed by atoms with Crippen molar-refractivity contribution in [3.05, 3.63) is 47.5 Å². The largest absolute Gasteiger partial charge is 0.465 e. The summed E-state index contributed by atoms with van der Waals surface area (Å²) in [7, 11) is 0. The van der Waals surface area contributed by atoms with Crippen LogP contribution < -0.4 is 0 Å². The number of nitrogens with zero attached hydrogens (tertiary/aromatic N) is 3. The molecule has 2 heterocycles. The molecular weight excluding hydrogens is 266 g/mol. The number of carbonyl (C=O) groups excluding carboxylic acids is 1. The van der Waals surface area contributed by atoms with E-state index >= 15 is 0 Å². The van der Waals surface area contributed by atoms with Crippen molar-refractivity contribution in [1.29, 1.82) is 5.26 Å². The molecule has 1 atom stereocenters. The highest BCUT2D eigenvalue weighted by atomic mass is 16.5. The molecule has 1 unspecified atom stereocenters. The molecule has 0 radical (unpaired) electrons. The van der Waals surface area contributed by atoms with Gasteiger partial charge in [-0.15, -0.1) is 0 Å². The van der Waals surface area contributed by atoms with Gasteiger partial charge in [-0.25, -0.2) is 4.98 Å². The third-order valence-corrected chi connectivity index (χ3v) is 3.71. The van der Waals surface area contributed by atoms with Crippen LogP contribution in [-0.2, 0) is 22.4 Å². The van der Waals surface area contributed by atoms with Crippen molar-refractivity contribution < 1.29 is 9.53 Å². The number of aromatic nitrogens is 2. The van der Waals surface area contributed by atoms with Gasteiger partial charge >= 0.3 is 5.97 Å². The number of para-hydroxylation sites is 1. The van der Waals surface area contributed by atoms with Crippen molar-refractivity contribution in [3.8, 4) is 11.8 Å². The van der Waals surface area contributed by atoms with Crippen molar-refractivity contribution in [2.24, 2.45) is 0 Å². The highest BCUT2D eigenvalue weighted by molar-refractivity contribution is 5.81. The summed E-state index contributed by atoms with van der Waals surface area (Å²) in [5.74, 6) is -1.48. The van der Waals surface area contributed by atoms with E-state index in [1.165, 1.54) is 5.56 Å². The highest BCUT2D eigenvalue weighted by Gasteiger charge is 2.30. The quantitative estimate of drug-likeness (QED) is 0.808. The van der Waals surface area contributed by atoms with E-state index in [2.05, 4.69) is 11.1 Å². The summed E-state index contributed by atoms with van der Waals surface area (Å²) in [5.41, 5.74) is 3.76. The predicted molar refractivity (Wildman–Crippen MR) is 76.0 cm³/mol. The number of imidazole rings is 1. The Morgan fingerprint density at radius 3 is 3.05 bits per heavy atom. The molecule has 0 fully saturated rings. The minimum atomic E-state index is -0.952. The third-order valence-electron chi connectivity index (χ3n) is 3.71. The van der Waals surface area contributed by atoms with Gasteiger partial charge in [0.15, 0.2) is 5.92 Å². The van der Waals surface area contributed by atoms with Gasteiger partial charge in [-0.1, -0.05) is 18.2 Å². The van der Waals surface area contributed by atoms with Crippen LogP contribution in [-0.4, -0.2) is 22.1 Å². The number of ether oxygens (including phenoxy) is 1. The number of carbonyl (C=O) groups is 1. The van der Waals surface area contributed by atoms with Gasteiger partial charge in [-0.05, 0) is 31.4 Å². The second-order valence-electron chi connectivity index (χ2n) is 4.89. The monoisotopic (exact) mass is 281 g/mol. The first-order valence-corrected chi connectivity index (χ1v) is 6.97. The number of hydrogen-bond donors (Lipinski definition) is 0. The zero-order chi connectivity index (χ0) is 14.8. The lowest BCUT2D eigenvalue weighted by atomic mass is 9.97. The maximum absolute atomic E-state index is 11.9. The van der Waals surface area contributed by atoms with Gasteiger partial charge in [0.2, 0.25) is 0 Å². The molecule has 0 aliphatic carbocycles. The second-order valence-corrected chi connectivity index (χ2v) is 4.89. The van der Waals surface area contributed by atoms with Crippen LogP contribution in [0.3, 0.4) is 0 Å². The molecule has 0 amide bonds. The number of benzene rings is 1. The van der Waals surface area contributed by atoms with Crippen LogP contribution in [0.1, 0.15) is 29.8 Å². The number of fused-ring (bicyclic) bond motifs is 3. The Balaban J connectivity index is 2.04. The fourth-order valence-electron chi connectivity index (χ4n) is 2.75. The first-order valence-electron chi connectivity index (χ1n) is 6.97. The Bertz CT molecular complexity index is 727.